The quantitative estimate of drug-likeness (QED) is 0.772. The van der Waals surface area contributed by atoms with E-state index in [0.29, 0.717) is 16.4 Å². The third-order valence-corrected chi connectivity index (χ3v) is 3.85. The fourth-order valence-corrected chi connectivity index (χ4v) is 2.06. The highest BCUT2D eigenvalue weighted by molar-refractivity contribution is 7.89. The highest BCUT2D eigenvalue weighted by Gasteiger charge is 2.33. The summed E-state index contributed by atoms with van der Waals surface area (Å²) in [7, 11) is -2.02. The van der Waals surface area contributed by atoms with E-state index in [1.54, 1.807) is 0 Å². The van der Waals surface area contributed by atoms with Crippen molar-refractivity contribution in [2.24, 2.45) is 0 Å². The Morgan fingerprint density at radius 3 is 2.12 bits per heavy atom. The molecule has 0 aliphatic heterocycles. The van der Waals surface area contributed by atoms with Crippen LogP contribution < -0.4 is 0 Å². The Bertz CT molecular complexity index is 522. The van der Waals surface area contributed by atoms with Crippen LogP contribution in [0.4, 0.5) is 17.6 Å². The van der Waals surface area contributed by atoms with Gasteiger partial charge in [0.25, 0.3) is 0 Å². The van der Waals surface area contributed by atoms with Gasteiger partial charge in [-0.05, 0) is 18.2 Å². The second-order valence-electron chi connectivity index (χ2n) is 3.43. The Morgan fingerprint density at radius 2 is 1.71 bits per heavy atom. The Labute approximate surface area is 95.7 Å². The minimum Gasteiger partial charge on any atom is -0.207 e. The summed E-state index contributed by atoms with van der Waals surface area (Å²) in [5, 5.41) is 0. The maximum absolute atomic E-state index is 13.2. The monoisotopic (exact) mass is 271 g/mol. The zero-order valence-corrected chi connectivity index (χ0v) is 9.73. The SMILES string of the molecule is CN(C)S(=O)(=O)c1cc(C(F)(F)F)ccc1F. The highest BCUT2D eigenvalue weighted by atomic mass is 32.2. The van der Waals surface area contributed by atoms with Gasteiger partial charge in [-0.1, -0.05) is 0 Å². The van der Waals surface area contributed by atoms with Crippen molar-refractivity contribution in [2.75, 3.05) is 14.1 Å². The lowest BCUT2D eigenvalue weighted by molar-refractivity contribution is -0.137. The van der Waals surface area contributed by atoms with Crippen LogP contribution in [0.5, 0.6) is 0 Å². The van der Waals surface area contributed by atoms with Crippen molar-refractivity contribution in [3.63, 3.8) is 0 Å². The molecule has 3 nitrogen and oxygen atoms in total. The van der Waals surface area contributed by atoms with Gasteiger partial charge in [-0.3, -0.25) is 0 Å². The Balaban J connectivity index is 3.46. The minimum atomic E-state index is -4.72. The topological polar surface area (TPSA) is 37.4 Å². The summed E-state index contributed by atoms with van der Waals surface area (Å²) in [6, 6.07) is 1.26. The molecule has 0 aliphatic rings. The number of sulfonamides is 1. The zero-order valence-electron chi connectivity index (χ0n) is 8.92. The number of hydrogen-bond donors (Lipinski definition) is 0. The summed E-state index contributed by atoms with van der Waals surface area (Å²) in [4.78, 5) is -0.989. The number of benzene rings is 1. The van der Waals surface area contributed by atoms with Crippen LogP contribution >= 0.6 is 0 Å². The van der Waals surface area contributed by atoms with Gasteiger partial charge in [0.1, 0.15) is 10.7 Å². The van der Waals surface area contributed by atoms with Crippen LogP contribution in [-0.4, -0.2) is 26.8 Å². The van der Waals surface area contributed by atoms with Gasteiger partial charge in [0, 0.05) is 14.1 Å². The van der Waals surface area contributed by atoms with Crippen molar-refractivity contribution in [1.29, 1.82) is 0 Å². The molecule has 0 unspecified atom stereocenters. The lowest BCUT2D eigenvalue weighted by Crippen LogP contribution is -2.23. The lowest BCUT2D eigenvalue weighted by atomic mass is 10.2. The number of alkyl halides is 3. The molecule has 0 N–H and O–H groups in total. The molecule has 96 valence electrons. The zero-order chi connectivity index (χ0) is 13.4. The molecule has 1 aromatic carbocycles. The molecule has 17 heavy (non-hydrogen) atoms. The largest absolute Gasteiger partial charge is 0.416 e. The standard InChI is InChI=1S/C9H9F4NO2S/c1-14(2)17(15,16)8-5-6(9(11,12)13)3-4-7(8)10/h3-5H,1-2H3. The molecule has 0 spiro atoms. The third kappa shape index (κ3) is 2.75. The lowest BCUT2D eigenvalue weighted by Gasteiger charge is -2.14. The molecular weight excluding hydrogens is 262 g/mol. The smallest absolute Gasteiger partial charge is 0.207 e. The first-order valence-corrected chi connectivity index (χ1v) is 5.80. The fraction of sp³-hybridized carbons (Fsp3) is 0.333. The first-order valence-electron chi connectivity index (χ1n) is 4.36. The molecule has 0 heterocycles. The molecule has 8 heteroatoms. The molecule has 0 saturated carbocycles. The van der Waals surface area contributed by atoms with Crippen molar-refractivity contribution < 1.29 is 26.0 Å². The van der Waals surface area contributed by atoms with Crippen molar-refractivity contribution in [3.8, 4) is 0 Å². The van der Waals surface area contributed by atoms with E-state index in [1.807, 2.05) is 0 Å². The second kappa shape index (κ2) is 4.26. The van der Waals surface area contributed by atoms with Gasteiger partial charge in [-0.2, -0.15) is 13.2 Å². The molecule has 1 rings (SSSR count). The van der Waals surface area contributed by atoms with Crippen LogP contribution in [-0.2, 0) is 16.2 Å². The van der Waals surface area contributed by atoms with Gasteiger partial charge >= 0.3 is 6.18 Å². The summed E-state index contributed by atoms with van der Waals surface area (Å²) in [6.07, 6.45) is -4.72. The van der Waals surface area contributed by atoms with E-state index in [1.165, 1.54) is 0 Å². The molecule has 0 saturated heterocycles. The number of rotatable bonds is 2. The van der Waals surface area contributed by atoms with E-state index < -0.39 is 32.5 Å². The Morgan fingerprint density at radius 1 is 1.18 bits per heavy atom. The molecule has 0 aliphatic carbocycles. The van der Waals surface area contributed by atoms with Crippen LogP contribution in [0.25, 0.3) is 0 Å². The van der Waals surface area contributed by atoms with Crippen LogP contribution in [0, 0.1) is 5.82 Å². The fourth-order valence-electron chi connectivity index (χ4n) is 1.07. The Hall–Kier alpha value is -1.15. The van der Waals surface area contributed by atoms with Crippen LogP contribution in [0.2, 0.25) is 0 Å². The molecule has 0 fully saturated rings. The number of nitrogens with zero attached hydrogens (tertiary/aromatic N) is 1. The van der Waals surface area contributed by atoms with Gasteiger partial charge in [0.2, 0.25) is 10.0 Å². The van der Waals surface area contributed by atoms with Gasteiger partial charge < -0.3 is 0 Å². The molecule has 0 amide bonds. The minimum absolute atomic E-state index is 0.282. The molecule has 0 bridgehead atoms. The molecule has 0 aromatic heterocycles. The summed E-state index contributed by atoms with van der Waals surface area (Å²) in [5.74, 6) is -1.22. The summed E-state index contributed by atoms with van der Waals surface area (Å²) in [5.41, 5.74) is -1.21. The first kappa shape index (κ1) is 13.9. The van der Waals surface area contributed by atoms with E-state index in [9.17, 15) is 26.0 Å². The molecular formula is C9H9F4NO2S. The third-order valence-electron chi connectivity index (χ3n) is 2.02. The van der Waals surface area contributed by atoms with E-state index in [4.69, 9.17) is 0 Å². The number of halogens is 4. The van der Waals surface area contributed by atoms with Crippen LogP contribution in [0.1, 0.15) is 5.56 Å². The average Bonchev–Trinajstić information content (AvgIpc) is 2.15. The summed E-state index contributed by atoms with van der Waals surface area (Å²) in [6.45, 7) is 0. The van der Waals surface area contributed by atoms with E-state index >= 15 is 0 Å². The number of hydrogen-bond acceptors (Lipinski definition) is 2. The van der Waals surface area contributed by atoms with Gasteiger partial charge in [-0.15, -0.1) is 0 Å². The maximum atomic E-state index is 13.2. The molecule has 0 atom stereocenters. The highest BCUT2D eigenvalue weighted by Crippen LogP contribution is 2.31. The van der Waals surface area contributed by atoms with E-state index in [2.05, 4.69) is 0 Å². The predicted molar refractivity (Wildman–Crippen MR) is 52.3 cm³/mol. The second-order valence-corrected chi connectivity index (χ2v) is 5.55. The van der Waals surface area contributed by atoms with E-state index in [-0.39, 0.29) is 6.07 Å². The van der Waals surface area contributed by atoms with Crippen molar-refractivity contribution in [2.45, 2.75) is 11.1 Å². The summed E-state index contributed by atoms with van der Waals surface area (Å²) >= 11 is 0. The van der Waals surface area contributed by atoms with Crippen molar-refractivity contribution in [1.82, 2.24) is 4.31 Å². The van der Waals surface area contributed by atoms with Crippen LogP contribution in [0.3, 0.4) is 0 Å². The first-order chi connectivity index (χ1) is 7.56. The average molecular weight is 271 g/mol. The normalized spacial score (nSPS) is 13.1. The van der Waals surface area contributed by atoms with Crippen LogP contribution in [0.15, 0.2) is 23.1 Å². The van der Waals surface area contributed by atoms with E-state index in [0.717, 1.165) is 14.1 Å². The van der Waals surface area contributed by atoms with Gasteiger partial charge in [0.05, 0.1) is 5.56 Å². The maximum Gasteiger partial charge on any atom is 0.416 e. The Kier molecular flexibility index (Phi) is 3.49. The van der Waals surface area contributed by atoms with Crippen molar-refractivity contribution in [3.05, 3.63) is 29.6 Å². The van der Waals surface area contributed by atoms with Crippen molar-refractivity contribution >= 4 is 10.0 Å². The van der Waals surface area contributed by atoms with Gasteiger partial charge in [-0.25, -0.2) is 17.1 Å². The summed E-state index contributed by atoms with van der Waals surface area (Å²) < 4.78 is 74.1. The predicted octanol–water partition coefficient (Wildman–Crippen LogP) is 2.09. The van der Waals surface area contributed by atoms with Gasteiger partial charge in [0.15, 0.2) is 0 Å². The molecule has 1 aromatic rings. The molecule has 0 radical (unpaired) electrons.